The molecule has 0 radical (unpaired) electrons. The number of rotatable bonds is 4. The summed E-state index contributed by atoms with van der Waals surface area (Å²) in [5.74, 6) is 0.859. The largest absolute Gasteiger partial charge is 0.382 e. The van der Waals surface area contributed by atoms with Crippen molar-refractivity contribution in [3.63, 3.8) is 0 Å². The first-order valence-electron chi connectivity index (χ1n) is 7.89. The molecule has 1 unspecified atom stereocenters. The van der Waals surface area contributed by atoms with Crippen molar-refractivity contribution in [3.05, 3.63) is 34.7 Å². The highest BCUT2D eigenvalue weighted by Crippen LogP contribution is 2.12. The SMILES string of the molecule is CN=C(NCc1cn2cc(Br)ccc2n1)N1CCOC(COC)C1. The van der Waals surface area contributed by atoms with E-state index in [-0.39, 0.29) is 6.10 Å². The highest BCUT2D eigenvalue weighted by molar-refractivity contribution is 9.10. The van der Waals surface area contributed by atoms with Gasteiger partial charge in [-0.1, -0.05) is 0 Å². The van der Waals surface area contributed by atoms with Crippen molar-refractivity contribution in [2.24, 2.45) is 4.99 Å². The third kappa shape index (κ3) is 4.06. The normalized spacial score (nSPS) is 19.0. The van der Waals surface area contributed by atoms with E-state index < -0.39 is 0 Å². The van der Waals surface area contributed by atoms with Crippen molar-refractivity contribution in [3.8, 4) is 0 Å². The van der Waals surface area contributed by atoms with E-state index in [1.54, 1.807) is 14.2 Å². The van der Waals surface area contributed by atoms with Crippen molar-refractivity contribution >= 4 is 27.5 Å². The molecule has 8 heteroatoms. The average Bonchev–Trinajstić information content (AvgIpc) is 2.98. The molecule has 24 heavy (non-hydrogen) atoms. The molecule has 130 valence electrons. The van der Waals surface area contributed by atoms with Gasteiger partial charge < -0.3 is 24.1 Å². The lowest BCUT2D eigenvalue weighted by Crippen LogP contribution is -2.51. The number of methoxy groups -OCH3 is 1. The number of guanidine groups is 1. The molecule has 3 heterocycles. The molecular formula is C16H22BrN5O2. The van der Waals surface area contributed by atoms with Crippen LogP contribution in [0.25, 0.3) is 5.65 Å². The molecule has 1 N–H and O–H groups in total. The monoisotopic (exact) mass is 395 g/mol. The molecule has 1 saturated heterocycles. The number of morpholine rings is 1. The highest BCUT2D eigenvalue weighted by Gasteiger charge is 2.22. The number of hydrogen-bond donors (Lipinski definition) is 1. The van der Waals surface area contributed by atoms with Gasteiger partial charge in [0.25, 0.3) is 0 Å². The van der Waals surface area contributed by atoms with Crippen LogP contribution in [-0.4, -0.2) is 66.8 Å². The van der Waals surface area contributed by atoms with E-state index in [1.807, 2.05) is 28.9 Å². The zero-order chi connectivity index (χ0) is 16.9. The van der Waals surface area contributed by atoms with E-state index in [1.165, 1.54) is 0 Å². The summed E-state index contributed by atoms with van der Waals surface area (Å²) in [7, 11) is 3.49. The minimum atomic E-state index is 0.0786. The molecular weight excluding hydrogens is 374 g/mol. The second-order valence-corrected chi connectivity index (χ2v) is 6.56. The molecule has 0 amide bonds. The van der Waals surface area contributed by atoms with Gasteiger partial charge in [0.15, 0.2) is 5.96 Å². The van der Waals surface area contributed by atoms with Gasteiger partial charge in [0.05, 0.1) is 31.6 Å². The Bertz CT molecular complexity index is 716. The Morgan fingerprint density at radius 3 is 3.17 bits per heavy atom. The molecule has 0 aliphatic carbocycles. The fourth-order valence-corrected chi connectivity index (χ4v) is 3.16. The van der Waals surface area contributed by atoms with Crippen molar-refractivity contribution < 1.29 is 9.47 Å². The number of imidazole rings is 1. The van der Waals surface area contributed by atoms with Gasteiger partial charge in [-0.2, -0.15) is 0 Å². The van der Waals surface area contributed by atoms with Crippen molar-refractivity contribution in [1.82, 2.24) is 19.6 Å². The molecule has 1 aliphatic heterocycles. The lowest BCUT2D eigenvalue weighted by atomic mass is 10.3. The second-order valence-electron chi connectivity index (χ2n) is 5.64. The first kappa shape index (κ1) is 17.2. The summed E-state index contributed by atoms with van der Waals surface area (Å²) in [6, 6.07) is 3.97. The minimum absolute atomic E-state index is 0.0786. The highest BCUT2D eigenvalue weighted by atomic mass is 79.9. The maximum atomic E-state index is 5.69. The molecule has 1 aliphatic rings. The van der Waals surface area contributed by atoms with E-state index in [0.29, 0.717) is 19.8 Å². The van der Waals surface area contributed by atoms with Crippen LogP contribution in [0.15, 0.2) is 34.0 Å². The second kappa shape index (κ2) is 7.96. The first-order chi connectivity index (χ1) is 11.7. The third-order valence-corrected chi connectivity index (χ3v) is 4.36. The van der Waals surface area contributed by atoms with E-state index in [4.69, 9.17) is 9.47 Å². The van der Waals surface area contributed by atoms with Crippen LogP contribution in [0.4, 0.5) is 0 Å². The summed E-state index contributed by atoms with van der Waals surface area (Å²) in [6.07, 6.45) is 4.10. The van der Waals surface area contributed by atoms with Crippen LogP contribution < -0.4 is 5.32 Å². The predicted molar refractivity (Wildman–Crippen MR) is 96.3 cm³/mol. The topological polar surface area (TPSA) is 63.4 Å². The Balaban J connectivity index is 1.62. The maximum Gasteiger partial charge on any atom is 0.194 e. The Kier molecular flexibility index (Phi) is 5.70. The molecule has 0 aromatic carbocycles. The summed E-state index contributed by atoms with van der Waals surface area (Å²) in [4.78, 5) is 11.2. The number of halogens is 1. The summed E-state index contributed by atoms with van der Waals surface area (Å²) in [5, 5.41) is 3.39. The van der Waals surface area contributed by atoms with E-state index in [9.17, 15) is 0 Å². The molecule has 1 atom stereocenters. The molecule has 1 fully saturated rings. The van der Waals surface area contributed by atoms with Crippen LogP contribution in [0.1, 0.15) is 5.69 Å². The van der Waals surface area contributed by atoms with Gasteiger partial charge in [0, 0.05) is 44.1 Å². The Labute approximate surface area is 149 Å². The third-order valence-electron chi connectivity index (χ3n) is 3.90. The van der Waals surface area contributed by atoms with Crippen LogP contribution >= 0.6 is 15.9 Å². The van der Waals surface area contributed by atoms with Gasteiger partial charge in [0.2, 0.25) is 0 Å². The van der Waals surface area contributed by atoms with Gasteiger partial charge >= 0.3 is 0 Å². The molecule has 0 bridgehead atoms. The van der Waals surface area contributed by atoms with Crippen LogP contribution in [0, 0.1) is 0 Å². The lowest BCUT2D eigenvalue weighted by Gasteiger charge is -2.34. The Morgan fingerprint density at radius 2 is 2.38 bits per heavy atom. The number of fused-ring (bicyclic) bond motifs is 1. The molecule has 2 aromatic rings. The number of hydrogen-bond acceptors (Lipinski definition) is 4. The first-order valence-corrected chi connectivity index (χ1v) is 8.68. The smallest absolute Gasteiger partial charge is 0.194 e. The van der Waals surface area contributed by atoms with Crippen LogP contribution in [-0.2, 0) is 16.0 Å². The average molecular weight is 396 g/mol. The summed E-state index contributed by atoms with van der Waals surface area (Å²) in [5.41, 5.74) is 1.90. The number of ether oxygens (including phenoxy) is 2. The molecule has 0 spiro atoms. The van der Waals surface area contributed by atoms with Gasteiger partial charge in [-0.05, 0) is 28.1 Å². The van der Waals surface area contributed by atoms with Gasteiger partial charge in [-0.25, -0.2) is 4.98 Å². The van der Waals surface area contributed by atoms with Gasteiger partial charge in [0.1, 0.15) is 5.65 Å². The van der Waals surface area contributed by atoms with E-state index in [0.717, 1.165) is 34.9 Å². The van der Waals surface area contributed by atoms with Crippen molar-refractivity contribution in [2.45, 2.75) is 12.6 Å². The van der Waals surface area contributed by atoms with Gasteiger partial charge in [-0.3, -0.25) is 4.99 Å². The standard InChI is InChI=1S/C16H22BrN5O2/c1-18-16(21-5-6-24-14(10-21)11-23-2)19-7-13-9-22-8-12(17)3-4-15(22)20-13/h3-4,8-9,14H,5-7,10-11H2,1-2H3,(H,18,19). The summed E-state index contributed by atoms with van der Waals surface area (Å²) >= 11 is 3.47. The van der Waals surface area contributed by atoms with Crippen LogP contribution in [0.2, 0.25) is 0 Å². The quantitative estimate of drug-likeness (QED) is 0.627. The van der Waals surface area contributed by atoms with Crippen molar-refractivity contribution in [2.75, 3.05) is 40.5 Å². The predicted octanol–water partition coefficient (Wildman–Crippen LogP) is 1.52. The van der Waals surface area contributed by atoms with Crippen LogP contribution in [0.5, 0.6) is 0 Å². The number of aromatic nitrogens is 2. The molecule has 2 aromatic heterocycles. The molecule has 3 rings (SSSR count). The fourth-order valence-electron chi connectivity index (χ4n) is 2.80. The van der Waals surface area contributed by atoms with Gasteiger partial charge in [-0.15, -0.1) is 0 Å². The fraction of sp³-hybridized carbons (Fsp3) is 0.500. The minimum Gasteiger partial charge on any atom is -0.382 e. The number of pyridine rings is 1. The Hall–Kier alpha value is -1.64. The zero-order valence-corrected chi connectivity index (χ0v) is 15.5. The van der Waals surface area contributed by atoms with Crippen molar-refractivity contribution in [1.29, 1.82) is 0 Å². The lowest BCUT2D eigenvalue weighted by molar-refractivity contribution is -0.0447. The number of aliphatic imine (C=N–C) groups is 1. The zero-order valence-electron chi connectivity index (χ0n) is 13.9. The molecule has 7 nitrogen and oxygen atoms in total. The summed E-state index contributed by atoms with van der Waals surface area (Å²) < 4.78 is 13.9. The van der Waals surface area contributed by atoms with E-state index >= 15 is 0 Å². The number of nitrogens with one attached hydrogen (secondary N) is 1. The maximum absolute atomic E-state index is 5.69. The molecule has 0 saturated carbocycles. The Morgan fingerprint density at radius 1 is 1.50 bits per heavy atom. The van der Waals surface area contributed by atoms with E-state index in [2.05, 4.69) is 36.1 Å². The van der Waals surface area contributed by atoms with Crippen LogP contribution in [0.3, 0.4) is 0 Å². The summed E-state index contributed by atoms with van der Waals surface area (Å²) in [6.45, 7) is 3.48. The number of nitrogens with zero attached hydrogens (tertiary/aromatic N) is 4.